The van der Waals surface area contributed by atoms with Gasteiger partial charge in [-0.25, -0.2) is 4.39 Å². The van der Waals surface area contributed by atoms with Gasteiger partial charge in [0.1, 0.15) is 5.82 Å². The summed E-state index contributed by atoms with van der Waals surface area (Å²) in [6, 6.07) is 15.4. The Morgan fingerprint density at radius 2 is 1.38 bits per heavy atom. The van der Waals surface area contributed by atoms with Crippen molar-refractivity contribution >= 4 is 11.7 Å². The van der Waals surface area contributed by atoms with E-state index in [-0.39, 0.29) is 12.0 Å². The third-order valence-corrected chi connectivity index (χ3v) is 5.51. The highest BCUT2D eigenvalue weighted by molar-refractivity contribution is 6.04. The average Bonchev–Trinajstić information content (AvgIpc) is 2.82. The fraction of sp³-hybridized carbons (Fsp3) is 0.259. The number of carbonyl (C=O) groups excluding carboxylic acids is 2. The number of alkyl halides is 3. The first-order chi connectivity index (χ1) is 16.2. The van der Waals surface area contributed by atoms with Gasteiger partial charge < -0.3 is 5.32 Å². The molecule has 0 aliphatic rings. The van der Waals surface area contributed by atoms with Crippen molar-refractivity contribution < 1.29 is 27.2 Å². The zero-order valence-corrected chi connectivity index (χ0v) is 18.7. The fourth-order valence-electron chi connectivity index (χ4n) is 3.54. The van der Waals surface area contributed by atoms with Gasteiger partial charge in [0.15, 0.2) is 5.78 Å². The maximum absolute atomic E-state index is 13.3. The maximum atomic E-state index is 13.3. The Morgan fingerprint density at radius 3 is 1.94 bits per heavy atom. The molecule has 34 heavy (non-hydrogen) atoms. The van der Waals surface area contributed by atoms with Crippen LogP contribution in [0, 0.1) is 5.82 Å². The molecule has 0 heterocycles. The third kappa shape index (κ3) is 6.76. The molecule has 3 aromatic carbocycles. The van der Waals surface area contributed by atoms with E-state index in [1.54, 1.807) is 12.1 Å². The molecular formula is C27H25F4NO2. The van der Waals surface area contributed by atoms with E-state index in [4.69, 9.17) is 0 Å². The van der Waals surface area contributed by atoms with Gasteiger partial charge in [0.05, 0.1) is 11.6 Å². The van der Waals surface area contributed by atoms with E-state index >= 15 is 0 Å². The second-order valence-corrected chi connectivity index (χ2v) is 8.10. The van der Waals surface area contributed by atoms with Crippen molar-refractivity contribution in [1.82, 2.24) is 5.32 Å². The molecule has 0 spiro atoms. The molecule has 3 nitrogen and oxygen atoms in total. The van der Waals surface area contributed by atoms with E-state index in [1.165, 1.54) is 24.3 Å². The maximum Gasteiger partial charge on any atom is 0.416 e. The Labute approximate surface area is 195 Å². The van der Waals surface area contributed by atoms with Crippen molar-refractivity contribution in [3.63, 3.8) is 0 Å². The summed E-state index contributed by atoms with van der Waals surface area (Å²) in [6.45, 7) is 2.09. The molecule has 3 aromatic rings. The smallest absolute Gasteiger partial charge is 0.342 e. The lowest BCUT2D eigenvalue weighted by Gasteiger charge is -2.19. The van der Waals surface area contributed by atoms with Crippen LogP contribution in [-0.4, -0.2) is 17.7 Å². The van der Waals surface area contributed by atoms with Crippen molar-refractivity contribution in [2.75, 3.05) is 0 Å². The molecule has 0 saturated heterocycles. The summed E-state index contributed by atoms with van der Waals surface area (Å²) in [6.07, 6.45) is -1.50. The number of carbonyl (C=O) groups is 2. The summed E-state index contributed by atoms with van der Waals surface area (Å²) in [4.78, 5) is 26.0. The van der Waals surface area contributed by atoms with Crippen LogP contribution in [0.4, 0.5) is 17.6 Å². The van der Waals surface area contributed by atoms with Crippen molar-refractivity contribution in [2.24, 2.45) is 0 Å². The molecule has 3 rings (SSSR count). The van der Waals surface area contributed by atoms with Gasteiger partial charge in [0.25, 0.3) is 5.91 Å². The van der Waals surface area contributed by atoms with Crippen LogP contribution in [0.25, 0.3) is 0 Å². The van der Waals surface area contributed by atoms with Crippen LogP contribution >= 0.6 is 0 Å². The highest BCUT2D eigenvalue weighted by Gasteiger charge is 2.30. The molecular weight excluding hydrogens is 446 g/mol. The topological polar surface area (TPSA) is 46.2 Å². The highest BCUT2D eigenvalue weighted by Crippen LogP contribution is 2.29. The largest absolute Gasteiger partial charge is 0.416 e. The third-order valence-electron chi connectivity index (χ3n) is 5.51. The number of ketones is 1. The average molecular weight is 471 g/mol. The second kappa shape index (κ2) is 11.1. The number of unbranched alkanes of at least 4 members (excludes halogenated alkanes) is 1. The molecule has 1 N–H and O–H groups in total. The van der Waals surface area contributed by atoms with Gasteiger partial charge in [0.2, 0.25) is 0 Å². The predicted octanol–water partition coefficient (Wildman–Crippen LogP) is 6.41. The number of hydrogen-bond donors (Lipinski definition) is 1. The van der Waals surface area contributed by atoms with E-state index in [1.807, 2.05) is 12.1 Å². The van der Waals surface area contributed by atoms with Crippen LogP contribution in [0.3, 0.4) is 0 Å². The van der Waals surface area contributed by atoms with Crippen LogP contribution < -0.4 is 5.32 Å². The lowest BCUT2D eigenvalue weighted by Crippen LogP contribution is -2.42. The van der Waals surface area contributed by atoms with Gasteiger partial charge in [-0.05, 0) is 72.5 Å². The van der Waals surface area contributed by atoms with E-state index in [0.717, 1.165) is 49.1 Å². The van der Waals surface area contributed by atoms with E-state index < -0.39 is 35.3 Å². The molecule has 178 valence electrons. The molecule has 0 fully saturated rings. The van der Waals surface area contributed by atoms with Crippen molar-refractivity contribution in [3.8, 4) is 0 Å². The van der Waals surface area contributed by atoms with Crippen molar-refractivity contribution in [2.45, 2.75) is 44.8 Å². The standard InChI is InChI=1S/C27H25F4NO2/c1-2-3-4-18-5-9-21(10-6-18)26(34)32-24(25(33)20-11-15-23(28)16-12-20)17-19-7-13-22(14-8-19)27(29,30)31/h5-16,24H,2-4,17H2,1H3,(H,32,34). The molecule has 7 heteroatoms. The number of halogens is 4. The fourth-order valence-corrected chi connectivity index (χ4v) is 3.54. The van der Waals surface area contributed by atoms with Crippen LogP contribution in [0.5, 0.6) is 0 Å². The van der Waals surface area contributed by atoms with Gasteiger partial charge in [0, 0.05) is 17.5 Å². The lowest BCUT2D eigenvalue weighted by atomic mass is 9.96. The van der Waals surface area contributed by atoms with Crippen LogP contribution in [0.1, 0.15) is 57.2 Å². The monoisotopic (exact) mass is 471 g/mol. The first kappa shape index (κ1) is 25.1. The predicted molar refractivity (Wildman–Crippen MR) is 122 cm³/mol. The molecule has 1 atom stereocenters. The molecule has 0 aliphatic heterocycles. The summed E-state index contributed by atoms with van der Waals surface area (Å²) in [7, 11) is 0. The van der Waals surface area contributed by atoms with Crippen molar-refractivity contribution in [1.29, 1.82) is 0 Å². The van der Waals surface area contributed by atoms with Gasteiger partial charge in [-0.1, -0.05) is 37.6 Å². The number of rotatable bonds is 9. The van der Waals surface area contributed by atoms with Crippen LogP contribution in [0.15, 0.2) is 72.8 Å². The number of benzene rings is 3. The Bertz CT molecular complexity index is 1110. The lowest BCUT2D eigenvalue weighted by molar-refractivity contribution is -0.137. The minimum absolute atomic E-state index is 0.0192. The minimum atomic E-state index is -4.47. The van der Waals surface area contributed by atoms with Gasteiger partial charge in [-0.3, -0.25) is 9.59 Å². The van der Waals surface area contributed by atoms with E-state index in [0.29, 0.717) is 11.1 Å². The van der Waals surface area contributed by atoms with Crippen LogP contribution in [-0.2, 0) is 19.0 Å². The number of amides is 1. The minimum Gasteiger partial charge on any atom is -0.342 e. The number of nitrogens with one attached hydrogen (secondary N) is 1. The first-order valence-electron chi connectivity index (χ1n) is 11.0. The summed E-state index contributed by atoms with van der Waals surface area (Å²) in [5.41, 5.74) is 1.30. The molecule has 1 unspecified atom stereocenters. The van der Waals surface area contributed by atoms with Gasteiger partial charge in [-0.15, -0.1) is 0 Å². The van der Waals surface area contributed by atoms with Crippen molar-refractivity contribution in [3.05, 3.63) is 106 Å². The summed E-state index contributed by atoms with van der Waals surface area (Å²) in [5, 5.41) is 2.70. The number of hydrogen-bond acceptors (Lipinski definition) is 2. The SMILES string of the molecule is CCCCc1ccc(C(=O)NC(Cc2ccc(C(F)(F)F)cc2)C(=O)c2ccc(F)cc2)cc1. The summed E-state index contributed by atoms with van der Waals surface area (Å²) in [5.74, 6) is -1.45. The molecule has 0 radical (unpaired) electrons. The van der Waals surface area contributed by atoms with Gasteiger partial charge >= 0.3 is 6.18 Å². The van der Waals surface area contributed by atoms with Gasteiger partial charge in [-0.2, -0.15) is 13.2 Å². The number of aryl methyl sites for hydroxylation is 1. The van der Waals surface area contributed by atoms with E-state index in [2.05, 4.69) is 12.2 Å². The number of Topliss-reactive ketones (excluding diaryl/α,β-unsaturated/α-hetero) is 1. The quantitative estimate of drug-likeness (QED) is 0.290. The Balaban J connectivity index is 1.81. The molecule has 1 amide bonds. The normalized spacial score (nSPS) is 12.3. The zero-order valence-electron chi connectivity index (χ0n) is 18.7. The molecule has 0 bridgehead atoms. The van der Waals surface area contributed by atoms with E-state index in [9.17, 15) is 27.2 Å². The first-order valence-corrected chi connectivity index (χ1v) is 11.0. The zero-order chi connectivity index (χ0) is 24.7. The van der Waals surface area contributed by atoms with Crippen LogP contribution in [0.2, 0.25) is 0 Å². The molecule has 0 saturated carbocycles. The second-order valence-electron chi connectivity index (χ2n) is 8.10. The summed E-state index contributed by atoms with van der Waals surface area (Å²) >= 11 is 0. The Kier molecular flexibility index (Phi) is 8.21. The highest BCUT2D eigenvalue weighted by atomic mass is 19.4. The molecule has 0 aromatic heterocycles. The summed E-state index contributed by atoms with van der Waals surface area (Å²) < 4.78 is 51.9. The molecule has 0 aliphatic carbocycles. The Morgan fingerprint density at radius 1 is 0.824 bits per heavy atom. The Hall–Kier alpha value is -3.48.